The summed E-state index contributed by atoms with van der Waals surface area (Å²) in [5.41, 5.74) is 6.46. The number of aromatic nitrogens is 2. The first-order valence-corrected chi connectivity index (χ1v) is 6.29. The predicted molar refractivity (Wildman–Crippen MR) is 71.9 cm³/mol. The Kier molecular flexibility index (Phi) is 6.91. The number of nitrogens with zero attached hydrogens (tertiary/aromatic N) is 2. The lowest BCUT2D eigenvalue weighted by Crippen LogP contribution is -2.27. The summed E-state index contributed by atoms with van der Waals surface area (Å²) in [6.07, 6.45) is 3.22. The minimum absolute atomic E-state index is 0.196. The Hall–Kier alpha value is -1.60. The van der Waals surface area contributed by atoms with E-state index in [2.05, 4.69) is 10.4 Å². The average Bonchev–Trinajstić information content (AvgIpc) is 2.72. The van der Waals surface area contributed by atoms with Crippen LogP contribution in [-0.4, -0.2) is 49.2 Å². The van der Waals surface area contributed by atoms with Crippen LogP contribution in [0.5, 0.6) is 0 Å². The summed E-state index contributed by atoms with van der Waals surface area (Å²) in [5, 5.41) is 6.73. The fourth-order valence-electron chi connectivity index (χ4n) is 1.59. The van der Waals surface area contributed by atoms with Gasteiger partial charge in [0.25, 0.3) is 5.91 Å². The van der Waals surface area contributed by atoms with E-state index in [9.17, 15) is 4.79 Å². The highest BCUT2D eigenvalue weighted by atomic mass is 16.5. The molecule has 0 bridgehead atoms. The van der Waals surface area contributed by atoms with Gasteiger partial charge in [-0.25, -0.2) is 0 Å². The maximum atomic E-state index is 11.8. The Morgan fingerprint density at radius 1 is 1.42 bits per heavy atom. The lowest BCUT2D eigenvalue weighted by molar-refractivity contribution is 0.0686. The Bertz CT molecular complexity index is 373. The highest BCUT2D eigenvalue weighted by Gasteiger charge is 2.13. The van der Waals surface area contributed by atoms with E-state index >= 15 is 0 Å². The first kappa shape index (κ1) is 15.5. The molecule has 0 spiro atoms. The molecule has 0 aliphatic carbocycles. The van der Waals surface area contributed by atoms with Crippen molar-refractivity contribution in [1.29, 1.82) is 0 Å². The lowest BCUT2D eigenvalue weighted by Gasteiger charge is -2.06. The predicted octanol–water partition coefficient (Wildman–Crippen LogP) is 0.175. The number of ether oxygens (including phenoxy) is 2. The van der Waals surface area contributed by atoms with Crippen LogP contribution in [0.15, 0.2) is 6.20 Å². The number of rotatable bonds is 9. The molecular weight excluding hydrogens is 248 g/mol. The van der Waals surface area contributed by atoms with Gasteiger partial charge in [-0.2, -0.15) is 5.10 Å². The van der Waals surface area contributed by atoms with E-state index < -0.39 is 0 Å². The fourth-order valence-corrected chi connectivity index (χ4v) is 1.59. The van der Waals surface area contributed by atoms with Crippen molar-refractivity contribution in [2.75, 3.05) is 39.2 Å². The second-order valence-electron chi connectivity index (χ2n) is 4.14. The van der Waals surface area contributed by atoms with Crippen molar-refractivity contribution in [3.05, 3.63) is 11.9 Å². The van der Waals surface area contributed by atoms with Gasteiger partial charge in [-0.3, -0.25) is 9.48 Å². The minimum Gasteiger partial charge on any atom is -0.396 e. The van der Waals surface area contributed by atoms with Crippen LogP contribution in [0.25, 0.3) is 0 Å². The third-order valence-electron chi connectivity index (χ3n) is 2.61. The van der Waals surface area contributed by atoms with E-state index in [1.54, 1.807) is 14.2 Å². The normalized spacial score (nSPS) is 10.6. The van der Waals surface area contributed by atoms with Gasteiger partial charge in [0.1, 0.15) is 5.69 Å². The lowest BCUT2D eigenvalue weighted by atomic mass is 10.3. The molecule has 1 aromatic rings. The van der Waals surface area contributed by atoms with Crippen molar-refractivity contribution in [1.82, 2.24) is 15.1 Å². The van der Waals surface area contributed by atoms with Crippen LogP contribution in [0.1, 0.15) is 23.3 Å². The molecule has 3 N–H and O–H groups in total. The van der Waals surface area contributed by atoms with E-state index in [0.29, 0.717) is 37.7 Å². The average molecular weight is 270 g/mol. The second kappa shape index (κ2) is 8.49. The van der Waals surface area contributed by atoms with E-state index in [1.165, 1.54) is 10.9 Å². The molecule has 0 fully saturated rings. The topological polar surface area (TPSA) is 91.4 Å². The van der Waals surface area contributed by atoms with Gasteiger partial charge in [-0.15, -0.1) is 0 Å². The molecule has 0 saturated heterocycles. The molecular formula is C12H22N4O3. The van der Waals surface area contributed by atoms with Crippen LogP contribution in [0.4, 0.5) is 5.69 Å². The molecule has 108 valence electrons. The third-order valence-corrected chi connectivity index (χ3v) is 2.61. The molecule has 7 nitrogen and oxygen atoms in total. The molecule has 0 aliphatic rings. The van der Waals surface area contributed by atoms with E-state index in [0.717, 1.165) is 12.8 Å². The van der Waals surface area contributed by atoms with Crippen LogP contribution in [0.3, 0.4) is 0 Å². The monoisotopic (exact) mass is 270 g/mol. The Labute approximate surface area is 113 Å². The van der Waals surface area contributed by atoms with Crippen molar-refractivity contribution in [2.45, 2.75) is 12.8 Å². The number of nitrogens with two attached hydrogens (primary N) is 1. The van der Waals surface area contributed by atoms with Crippen LogP contribution < -0.4 is 11.1 Å². The first-order valence-electron chi connectivity index (χ1n) is 6.29. The van der Waals surface area contributed by atoms with E-state index in [-0.39, 0.29) is 5.91 Å². The molecule has 1 heterocycles. The number of anilines is 1. The molecule has 0 aliphatic heterocycles. The summed E-state index contributed by atoms with van der Waals surface area (Å²) < 4.78 is 11.7. The molecule has 0 radical (unpaired) electrons. The summed E-state index contributed by atoms with van der Waals surface area (Å²) in [6, 6.07) is 0. The standard InChI is InChI=1S/C12H22N4O3/c1-16-11(10(13)9-15-16)12(17)14-5-3-4-6-19-8-7-18-2/h9H,3-8,13H2,1-2H3,(H,14,17). The van der Waals surface area contributed by atoms with E-state index in [4.69, 9.17) is 15.2 Å². The number of nitrogens with one attached hydrogen (secondary N) is 1. The van der Waals surface area contributed by atoms with E-state index in [1.807, 2.05) is 0 Å². The number of carbonyl (C=O) groups is 1. The Morgan fingerprint density at radius 2 is 2.21 bits per heavy atom. The summed E-state index contributed by atoms with van der Waals surface area (Å²) >= 11 is 0. The maximum Gasteiger partial charge on any atom is 0.271 e. The maximum absolute atomic E-state index is 11.8. The fraction of sp³-hybridized carbons (Fsp3) is 0.667. The van der Waals surface area contributed by atoms with Crippen LogP contribution >= 0.6 is 0 Å². The minimum atomic E-state index is -0.196. The highest BCUT2D eigenvalue weighted by Crippen LogP contribution is 2.08. The molecule has 1 rings (SSSR count). The van der Waals surface area contributed by atoms with Gasteiger partial charge in [0.2, 0.25) is 0 Å². The zero-order valence-electron chi connectivity index (χ0n) is 11.5. The van der Waals surface area contributed by atoms with Crippen molar-refractivity contribution < 1.29 is 14.3 Å². The molecule has 1 aromatic heterocycles. The van der Waals surface area contributed by atoms with Gasteiger partial charge < -0.3 is 20.5 Å². The molecule has 0 aromatic carbocycles. The van der Waals surface area contributed by atoms with Gasteiger partial charge in [0, 0.05) is 27.3 Å². The molecule has 19 heavy (non-hydrogen) atoms. The molecule has 1 amide bonds. The van der Waals surface area contributed by atoms with Gasteiger partial charge in [0.05, 0.1) is 25.1 Å². The van der Waals surface area contributed by atoms with Crippen LogP contribution in [0, 0.1) is 0 Å². The van der Waals surface area contributed by atoms with Gasteiger partial charge >= 0.3 is 0 Å². The molecule has 7 heteroatoms. The number of carbonyl (C=O) groups excluding carboxylic acids is 1. The molecule has 0 saturated carbocycles. The van der Waals surface area contributed by atoms with Crippen LogP contribution in [0.2, 0.25) is 0 Å². The summed E-state index contributed by atoms with van der Waals surface area (Å²) in [7, 11) is 3.33. The number of hydrogen-bond acceptors (Lipinski definition) is 5. The summed E-state index contributed by atoms with van der Waals surface area (Å²) in [4.78, 5) is 11.8. The van der Waals surface area contributed by atoms with Crippen LogP contribution in [-0.2, 0) is 16.5 Å². The summed E-state index contributed by atoms with van der Waals surface area (Å²) in [5.74, 6) is -0.196. The van der Waals surface area contributed by atoms with Crippen molar-refractivity contribution in [3.63, 3.8) is 0 Å². The highest BCUT2D eigenvalue weighted by molar-refractivity contribution is 5.97. The molecule has 0 atom stereocenters. The number of unbranched alkanes of at least 4 members (excludes halogenated alkanes) is 1. The first-order chi connectivity index (χ1) is 9.16. The number of aryl methyl sites for hydroxylation is 1. The van der Waals surface area contributed by atoms with Gasteiger partial charge in [-0.05, 0) is 12.8 Å². The zero-order valence-corrected chi connectivity index (χ0v) is 11.5. The number of amides is 1. The summed E-state index contributed by atoms with van der Waals surface area (Å²) in [6.45, 7) is 2.48. The van der Waals surface area contributed by atoms with Gasteiger partial charge in [0.15, 0.2) is 0 Å². The number of nitrogen functional groups attached to an aromatic ring is 1. The quantitative estimate of drug-likeness (QED) is 0.624. The largest absolute Gasteiger partial charge is 0.396 e. The Balaban J connectivity index is 2.11. The zero-order chi connectivity index (χ0) is 14.1. The van der Waals surface area contributed by atoms with Crippen molar-refractivity contribution >= 4 is 11.6 Å². The van der Waals surface area contributed by atoms with Crippen molar-refractivity contribution in [2.24, 2.45) is 7.05 Å². The second-order valence-corrected chi connectivity index (χ2v) is 4.14. The smallest absolute Gasteiger partial charge is 0.271 e. The van der Waals surface area contributed by atoms with Crippen molar-refractivity contribution in [3.8, 4) is 0 Å². The number of hydrogen-bond donors (Lipinski definition) is 2. The number of methoxy groups -OCH3 is 1. The third kappa shape index (κ3) is 5.27. The Morgan fingerprint density at radius 3 is 2.84 bits per heavy atom. The SMILES string of the molecule is COCCOCCCCNC(=O)c1c(N)cnn1C. The van der Waals surface area contributed by atoms with Gasteiger partial charge in [-0.1, -0.05) is 0 Å². The molecule has 0 unspecified atom stereocenters.